The van der Waals surface area contributed by atoms with Crippen molar-refractivity contribution in [2.24, 2.45) is 0 Å². The predicted molar refractivity (Wildman–Crippen MR) is 149 cm³/mol. The lowest BCUT2D eigenvalue weighted by Crippen LogP contribution is -2.52. The van der Waals surface area contributed by atoms with E-state index in [4.69, 9.17) is 0 Å². The number of benzene rings is 3. The number of nitrogens with zero attached hydrogens (tertiary/aromatic N) is 1. The summed E-state index contributed by atoms with van der Waals surface area (Å²) in [5.74, 6) is 0.415. The van der Waals surface area contributed by atoms with Crippen molar-refractivity contribution in [3.05, 3.63) is 107 Å². The second-order valence-electron chi connectivity index (χ2n) is 9.76. The molecule has 1 atom stereocenters. The molecule has 0 unspecified atom stereocenters. The number of nitrogens with one attached hydrogen (secondary N) is 1. The quantitative estimate of drug-likeness (QED) is 0.335. The minimum absolute atomic E-state index is 0.0714. The number of carbonyl (C=O) groups excluding carboxylic acids is 2. The number of hydrogen-bond acceptors (Lipinski definition) is 3. The van der Waals surface area contributed by atoms with Crippen LogP contribution in [0.1, 0.15) is 47.9 Å². The van der Waals surface area contributed by atoms with Gasteiger partial charge in [-0.05, 0) is 54.2 Å². The first-order valence-electron chi connectivity index (χ1n) is 13.0. The lowest BCUT2D eigenvalue weighted by atomic mass is 10.0. The number of aryl methyl sites for hydroxylation is 1. The number of halogens is 1. The number of hydrogen-bond donors (Lipinski definition) is 1. The summed E-state index contributed by atoms with van der Waals surface area (Å²) in [5.41, 5.74) is 4.11. The van der Waals surface area contributed by atoms with Crippen molar-refractivity contribution < 1.29 is 14.0 Å². The van der Waals surface area contributed by atoms with Gasteiger partial charge in [-0.1, -0.05) is 79.6 Å². The molecule has 1 fully saturated rings. The Kier molecular flexibility index (Phi) is 9.78. The van der Waals surface area contributed by atoms with E-state index in [-0.39, 0.29) is 29.4 Å². The van der Waals surface area contributed by atoms with Crippen LogP contribution < -0.4 is 5.32 Å². The van der Waals surface area contributed by atoms with Crippen molar-refractivity contribution in [1.29, 1.82) is 0 Å². The van der Waals surface area contributed by atoms with Gasteiger partial charge >= 0.3 is 0 Å². The van der Waals surface area contributed by atoms with Gasteiger partial charge in [0.1, 0.15) is 11.9 Å². The Balaban J connectivity index is 1.56. The SMILES string of the molecule is Cc1ccccc1CN(C(=O)CSCc1ccc(F)cc1)[C@@H](Cc1ccccc1)C(=O)NC1CCCC1. The zero-order valence-corrected chi connectivity index (χ0v) is 22.2. The molecule has 3 aromatic rings. The maximum absolute atomic E-state index is 13.7. The highest BCUT2D eigenvalue weighted by Crippen LogP contribution is 2.22. The first-order chi connectivity index (χ1) is 18.0. The Morgan fingerprint density at radius 3 is 2.32 bits per heavy atom. The minimum Gasteiger partial charge on any atom is -0.352 e. The molecule has 4 nitrogen and oxygen atoms in total. The average Bonchev–Trinajstić information content (AvgIpc) is 3.42. The summed E-state index contributed by atoms with van der Waals surface area (Å²) in [6.45, 7) is 2.41. The van der Waals surface area contributed by atoms with Crippen molar-refractivity contribution in [2.45, 2.75) is 63.4 Å². The molecule has 1 saturated carbocycles. The van der Waals surface area contributed by atoms with Crippen LogP contribution in [0.4, 0.5) is 4.39 Å². The zero-order chi connectivity index (χ0) is 26.0. The first kappa shape index (κ1) is 26.9. The predicted octanol–water partition coefficient (Wildman–Crippen LogP) is 6.07. The highest BCUT2D eigenvalue weighted by atomic mass is 32.2. The molecule has 1 aliphatic rings. The van der Waals surface area contributed by atoms with E-state index < -0.39 is 6.04 Å². The molecule has 37 heavy (non-hydrogen) atoms. The average molecular weight is 519 g/mol. The van der Waals surface area contributed by atoms with Gasteiger partial charge in [0.05, 0.1) is 5.75 Å². The lowest BCUT2D eigenvalue weighted by Gasteiger charge is -2.32. The van der Waals surface area contributed by atoms with E-state index in [2.05, 4.69) is 5.32 Å². The summed E-state index contributed by atoms with van der Waals surface area (Å²) in [5, 5.41) is 3.25. The van der Waals surface area contributed by atoms with Crippen molar-refractivity contribution in [1.82, 2.24) is 10.2 Å². The Hall–Kier alpha value is -3.12. The van der Waals surface area contributed by atoms with E-state index in [1.54, 1.807) is 17.0 Å². The van der Waals surface area contributed by atoms with Gasteiger partial charge in [-0.15, -0.1) is 11.8 Å². The molecule has 0 aromatic heterocycles. The summed E-state index contributed by atoms with van der Waals surface area (Å²) in [4.78, 5) is 29.2. The monoisotopic (exact) mass is 518 g/mol. The first-order valence-corrected chi connectivity index (χ1v) is 14.2. The van der Waals surface area contributed by atoms with E-state index in [1.165, 1.54) is 23.9 Å². The van der Waals surface area contributed by atoms with E-state index in [1.807, 2.05) is 61.5 Å². The molecule has 0 bridgehead atoms. The molecule has 0 radical (unpaired) electrons. The Labute approximate surface area is 223 Å². The van der Waals surface area contributed by atoms with Crippen LogP contribution in [0.2, 0.25) is 0 Å². The summed E-state index contributed by atoms with van der Waals surface area (Å²) in [7, 11) is 0. The van der Waals surface area contributed by atoms with Crippen LogP contribution >= 0.6 is 11.8 Å². The van der Waals surface area contributed by atoms with Crippen LogP contribution in [0, 0.1) is 12.7 Å². The fourth-order valence-electron chi connectivity index (χ4n) is 4.81. The molecule has 2 amide bonds. The van der Waals surface area contributed by atoms with Gasteiger partial charge < -0.3 is 10.2 Å². The Morgan fingerprint density at radius 2 is 1.62 bits per heavy atom. The molecule has 0 spiro atoms. The molecule has 0 aliphatic heterocycles. The van der Waals surface area contributed by atoms with Gasteiger partial charge in [-0.3, -0.25) is 9.59 Å². The van der Waals surface area contributed by atoms with Crippen molar-refractivity contribution in [2.75, 3.05) is 5.75 Å². The van der Waals surface area contributed by atoms with Gasteiger partial charge in [0.25, 0.3) is 0 Å². The number of thioether (sulfide) groups is 1. The van der Waals surface area contributed by atoms with Crippen LogP contribution in [-0.2, 0) is 28.3 Å². The van der Waals surface area contributed by atoms with E-state index in [0.29, 0.717) is 18.7 Å². The molecule has 6 heteroatoms. The molecule has 3 aromatic carbocycles. The van der Waals surface area contributed by atoms with E-state index >= 15 is 0 Å². The fourth-order valence-corrected chi connectivity index (χ4v) is 5.68. The third-order valence-corrected chi connectivity index (χ3v) is 7.97. The third-order valence-electron chi connectivity index (χ3n) is 6.98. The van der Waals surface area contributed by atoms with Crippen molar-refractivity contribution in [3.8, 4) is 0 Å². The standard InChI is InChI=1S/C31H35FN2O2S/c1-23-9-5-6-12-26(23)20-34(30(35)22-37-21-25-15-17-27(32)18-16-25)29(19-24-10-3-2-4-11-24)31(36)33-28-13-7-8-14-28/h2-6,9-12,15-18,28-29H,7-8,13-14,19-22H2,1H3,(H,33,36)/t29-/m0/s1. The summed E-state index contributed by atoms with van der Waals surface area (Å²) in [6, 6.07) is 23.8. The maximum atomic E-state index is 13.7. The molecular formula is C31H35FN2O2S. The van der Waals surface area contributed by atoms with Crippen LogP contribution in [0.5, 0.6) is 0 Å². The Morgan fingerprint density at radius 1 is 0.946 bits per heavy atom. The normalized spacial score (nSPS) is 14.3. The second kappa shape index (κ2) is 13.4. The molecule has 4 rings (SSSR count). The molecule has 1 aliphatic carbocycles. The lowest BCUT2D eigenvalue weighted by molar-refractivity contribution is -0.139. The number of rotatable bonds is 11. The van der Waals surface area contributed by atoms with Gasteiger partial charge in [0.2, 0.25) is 11.8 Å². The number of amides is 2. The zero-order valence-electron chi connectivity index (χ0n) is 21.4. The van der Waals surface area contributed by atoms with Crippen LogP contribution in [0.15, 0.2) is 78.9 Å². The minimum atomic E-state index is -0.610. The summed E-state index contributed by atoms with van der Waals surface area (Å²) in [6.07, 6.45) is 4.69. The second-order valence-corrected chi connectivity index (χ2v) is 10.7. The molecule has 194 valence electrons. The fraction of sp³-hybridized carbons (Fsp3) is 0.355. The van der Waals surface area contributed by atoms with E-state index in [9.17, 15) is 14.0 Å². The largest absolute Gasteiger partial charge is 0.352 e. The Bertz CT molecular complexity index is 1160. The van der Waals surface area contributed by atoms with Gasteiger partial charge in [-0.25, -0.2) is 4.39 Å². The van der Waals surface area contributed by atoms with Crippen molar-refractivity contribution in [3.63, 3.8) is 0 Å². The number of carbonyl (C=O) groups is 2. The van der Waals surface area contributed by atoms with Gasteiger partial charge in [0, 0.05) is 24.8 Å². The maximum Gasteiger partial charge on any atom is 0.243 e. The molecule has 1 N–H and O–H groups in total. The van der Waals surface area contributed by atoms with Crippen molar-refractivity contribution >= 4 is 23.6 Å². The summed E-state index contributed by atoms with van der Waals surface area (Å²) >= 11 is 1.49. The van der Waals surface area contributed by atoms with Gasteiger partial charge in [0.15, 0.2) is 0 Å². The van der Waals surface area contributed by atoms with Crippen LogP contribution in [-0.4, -0.2) is 34.6 Å². The highest BCUT2D eigenvalue weighted by Gasteiger charge is 2.32. The molecule has 0 heterocycles. The van der Waals surface area contributed by atoms with Gasteiger partial charge in [-0.2, -0.15) is 0 Å². The smallest absolute Gasteiger partial charge is 0.243 e. The topological polar surface area (TPSA) is 49.4 Å². The summed E-state index contributed by atoms with van der Waals surface area (Å²) < 4.78 is 13.3. The molecular weight excluding hydrogens is 483 g/mol. The third kappa shape index (κ3) is 7.93. The van der Waals surface area contributed by atoms with Crippen LogP contribution in [0.3, 0.4) is 0 Å². The molecule has 0 saturated heterocycles. The highest BCUT2D eigenvalue weighted by molar-refractivity contribution is 7.99. The van der Waals surface area contributed by atoms with Crippen LogP contribution in [0.25, 0.3) is 0 Å². The van der Waals surface area contributed by atoms with E-state index in [0.717, 1.165) is 47.9 Å².